The van der Waals surface area contributed by atoms with Crippen LogP contribution in [-0.2, 0) is 6.54 Å². The van der Waals surface area contributed by atoms with Gasteiger partial charge in [-0.15, -0.1) is 11.3 Å². The molecule has 4 nitrogen and oxygen atoms in total. The lowest BCUT2D eigenvalue weighted by Crippen LogP contribution is -2.20. The number of hydrogen-bond acceptors (Lipinski definition) is 3. The van der Waals surface area contributed by atoms with Gasteiger partial charge in [0.15, 0.2) is 0 Å². The van der Waals surface area contributed by atoms with Crippen molar-refractivity contribution in [2.75, 3.05) is 0 Å². The van der Waals surface area contributed by atoms with Gasteiger partial charge in [-0.1, -0.05) is 6.92 Å². The van der Waals surface area contributed by atoms with E-state index in [0.717, 1.165) is 11.1 Å². The zero-order chi connectivity index (χ0) is 12.6. The van der Waals surface area contributed by atoms with E-state index in [-0.39, 0.29) is 11.1 Å². The minimum atomic E-state index is -1.03. The van der Waals surface area contributed by atoms with Gasteiger partial charge >= 0.3 is 5.97 Å². The van der Waals surface area contributed by atoms with Gasteiger partial charge in [0.1, 0.15) is 0 Å². The van der Waals surface area contributed by atoms with Gasteiger partial charge in [-0.05, 0) is 19.4 Å². The quantitative estimate of drug-likeness (QED) is 0.911. The maximum absolute atomic E-state index is 12.2. The Morgan fingerprint density at radius 3 is 2.82 bits per heavy atom. The topological polar surface area (TPSA) is 59.3 Å². The molecule has 0 unspecified atom stereocenters. The average molecular weight is 251 g/mol. The number of carbonyl (C=O) groups is 1. The van der Waals surface area contributed by atoms with E-state index in [0.29, 0.717) is 16.8 Å². The van der Waals surface area contributed by atoms with Gasteiger partial charge in [-0.3, -0.25) is 4.79 Å². The maximum atomic E-state index is 12.2. The Labute approximate surface area is 102 Å². The monoisotopic (exact) mass is 251 g/mol. The van der Waals surface area contributed by atoms with E-state index in [4.69, 9.17) is 5.11 Å². The largest absolute Gasteiger partial charge is 0.478 e. The number of rotatable bonds is 3. The number of fused-ring (bicyclic) bond motifs is 1. The molecule has 17 heavy (non-hydrogen) atoms. The molecule has 0 aliphatic rings. The van der Waals surface area contributed by atoms with Crippen molar-refractivity contribution >= 4 is 27.4 Å². The molecule has 0 amide bonds. The van der Waals surface area contributed by atoms with Crippen LogP contribution in [0.15, 0.2) is 17.1 Å². The van der Waals surface area contributed by atoms with E-state index >= 15 is 0 Å². The number of pyridine rings is 1. The van der Waals surface area contributed by atoms with Crippen molar-refractivity contribution < 1.29 is 9.90 Å². The third-order valence-corrected chi connectivity index (χ3v) is 3.74. The molecule has 2 rings (SSSR count). The first-order chi connectivity index (χ1) is 8.06. The zero-order valence-corrected chi connectivity index (χ0v) is 10.5. The fourth-order valence-corrected chi connectivity index (χ4v) is 2.98. The second-order valence-corrected chi connectivity index (χ2v) is 5.15. The molecule has 90 valence electrons. The Morgan fingerprint density at radius 1 is 1.53 bits per heavy atom. The number of thiophene rings is 1. The summed E-state index contributed by atoms with van der Waals surface area (Å²) in [6.45, 7) is 4.33. The lowest BCUT2D eigenvalue weighted by molar-refractivity contribution is 0.0699. The molecule has 1 N–H and O–H groups in total. The third-order valence-electron chi connectivity index (χ3n) is 2.67. The molecule has 0 spiro atoms. The Bertz CT molecular complexity index is 639. The molecule has 0 saturated heterocycles. The molecule has 0 aliphatic carbocycles. The Kier molecular flexibility index (Phi) is 3.02. The molecule has 2 aromatic heterocycles. The normalized spacial score (nSPS) is 10.9. The Morgan fingerprint density at radius 2 is 2.24 bits per heavy atom. The smallest absolute Gasteiger partial charge is 0.337 e. The fourth-order valence-electron chi connectivity index (χ4n) is 1.94. The second kappa shape index (κ2) is 4.33. The summed E-state index contributed by atoms with van der Waals surface area (Å²) in [5.41, 5.74) is -0.0495. The number of carboxylic acid groups (broad SMARTS) is 1. The molecule has 5 heteroatoms. The lowest BCUT2D eigenvalue weighted by Gasteiger charge is -2.03. The van der Waals surface area contributed by atoms with Crippen LogP contribution in [0.3, 0.4) is 0 Å². The van der Waals surface area contributed by atoms with E-state index in [2.05, 4.69) is 0 Å². The van der Waals surface area contributed by atoms with E-state index in [9.17, 15) is 9.59 Å². The molecule has 0 saturated carbocycles. The van der Waals surface area contributed by atoms with Crippen LogP contribution in [0.4, 0.5) is 0 Å². The number of aryl methyl sites for hydroxylation is 2. The van der Waals surface area contributed by atoms with Crippen LogP contribution < -0.4 is 5.56 Å². The molecular weight excluding hydrogens is 238 g/mol. The molecule has 0 aromatic carbocycles. The summed E-state index contributed by atoms with van der Waals surface area (Å²) in [7, 11) is 0. The number of nitrogens with zero attached hydrogens (tertiary/aromatic N) is 1. The van der Waals surface area contributed by atoms with E-state index < -0.39 is 5.97 Å². The third kappa shape index (κ3) is 1.86. The second-order valence-electron chi connectivity index (χ2n) is 3.89. The summed E-state index contributed by atoms with van der Waals surface area (Å²) >= 11 is 1.35. The van der Waals surface area contributed by atoms with Gasteiger partial charge in [0, 0.05) is 22.3 Å². The van der Waals surface area contributed by atoms with Crippen molar-refractivity contribution in [3.8, 4) is 0 Å². The van der Waals surface area contributed by atoms with Crippen LogP contribution in [0.5, 0.6) is 0 Å². The van der Waals surface area contributed by atoms with Crippen LogP contribution in [0.1, 0.15) is 28.6 Å². The molecule has 2 aromatic rings. The SMILES string of the molecule is CCCn1ccc2sc(C)c(C(=O)O)c2c1=O. The standard InChI is InChI=1S/C12H13NO3S/c1-3-5-13-6-4-8-10(11(13)14)9(12(15)16)7(2)17-8/h4,6H,3,5H2,1-2H3,(H,15,16). The fraction of sp³-hybridized carbons (Fsp3) is 0.333. The summed E-state index contributed by atoms with van der Waals surface area (Å²) in [6.07, 6.45) is 2.58. The van der Waals surface area contributed by atoms with Crippen LogP contribution in [-0.4, -0.2) is 15.6 Å². The van der Waals surface area contributed by atoms with E-state index in [1.165, 1.54) is 11.3 Å². The number of hydrogen-bond donors (Lipinski definition) is 1. The van der Waals surface area contributed by atoms with E-state index in [1.807, 2.05) is 13.0 Å². The molecular formula is C12H13NO3S. The molecule has 0 aliphatic heterocycles. The molecule has 2 heterocycles. The van der Waals surface area contributed by atoms with Gasteiger partial charge in [0.05, 0.1) is 10.9 Å². The van der Waals surface area contributed by atoms with Crippen molar-refractivity contribution in [2.45, 2.75) is 26.8 Å². The number of aromatic nitrogens is 1. The highest BCUT2D eigenvalue weighted by Crippen LogP contribution is 2.28. The number of aromatic carboxylic acids is 1. The van der Waals surface area contributed by atoms with Crippen LogP contribution in [0.2, 0.25) is 0 Å². The van der Waals surface area contributed by atoms with Crippen LogP contribution in [0.25, 0.3) is 10.1 Å². The van der Waals surface area contributed by atoms with Crippen LogP contribution in [0, 0.1) is 6.92 Å². The van der Waals surface area contributed by atoms with Gasteiger partial charge in [-0.2, -0.15) is 0 Å². The van der Waals surface area contributed by atoms with Gasteiger partial charge in [-0.25, -0.2) is 4.79 Å². The van der Waals surface area contributed by atoms with Gasteiger partial charge < -0.3 is 9.67 Å². The van der Waals surface area contributed by atoms with Crippen LogP contribution >= 0.6 is 11.3 Å². The minimum Gasteiger partial charge on any atom is -0.478 e. The summed E-state index contributed by atoms with van der Waals surface area (Å²) in [5.74, 6) is -1.03. The molecule has 0 bridgehead atoms. The highest BCUT2D eigenvalue weighted by Gasteiger charge is 2.18. The molecule has 0 radical (unpaired) electrons. The lowest BCUT2D eigenvalue weighted by atomic mass is 10.1. The van der Waals surface area contributed by atoms with Crippen molar-refractivity contribution in [1.29, 1.82) is 0 Å². The van der Waals surface area contributed by atoms with E-state index in [1.54, 1.807) is 17.7 Å². The maximum Gasteiger partial charge on any atom is 0.337 e. The van der Waals surface area contributed by atoms with Crippen molar-refractivity contribution in [2.24, 2.45) is 0 Å². The predicted octanol–water partition coefficient (Wildman–Crippen LogP) is 2.48. The highest BCUT2D eigenvalue weighted by molar-refractivity contribution is 7.19. The van der Waals surface area contributed by atoms with Crippen molar-refractivity contribution in [1.82, 2.24) is 4.57 Å². The summed E-state index contributed by atoms with van der Waals surface area (Å²) < 4.78 is 2.32. The first-order valence-electron chi connectivity index (χ1n) is 5.42. The Balaban J connectivity index is 2.83. The zero-order valence-electron chi connectivity index (χ0n) is 9.69. The first-order valence-corrected chi connectivity index (χ1v) is 6.23. The average Bonchev–Trinajstić information content (AvgIpc) is 2.60. The van der Waals surface area contributed by atoms with Crippen molar-refractivity contribution in [3.05, 3.63) is 33.1 Å². The van der Waals surface area contributed by atoms with Gasteiger partial charge in [0.25, 0.3) is 5.56 Å². The summed E-state index contributed by atoms with van der Waals surface area (Å²) in [5, 5.41) is 9.50. The van der Waals surface area contributed by atoms with Gasteiger partial charge in [0.2, 0.25) is 0 Å². The highest BCUT2D eigenvalue weighted by atomic mass is 32.1. The first kappa shape index (κ1) is 11.9. The van der Waals surface area contributed by atoms with Crippen molar-refractivity contribution in [3.63, 3.8) is 0 Å². The summed E-state index contributed by atoms with van der Waals surface area (Å²) in [4.78, 5) is 24.0. The number of carboxylic acids is 1. The molecule has 0 atom stereocenters. The minimum absolute atomic E-state index is 0.153. The predicted molar refractivity (Wildman–Crippen MR) is 68.1 cm³/mol. The Hall–Kier alpha value is -1.62. The molecule has 0 fully saturated rings. The summed E-state index contributed by atoms with van der Waals surface area (Å²) in [6, 6.07) is 1.82.